The molecule has 31 heavy (non-hydrogen) atoms. The zero-order chi connectivity index (χ0) is 22.6. The van der Waals surface area contributed by atoms with Crippen molar-refractivity contribution in [2.75, 3.05) is 6.54 Å². The Balaban J connectivity index is 1.78. The molecule has 2 unspecified atom stereocenters. The summed E-state index contributed by atoms with van der Waals surface area (Å²) in [6.45, 7) is 2.77. The van der Waals surface area contributed by atoms with Crippen molar-refractivity contribution in [1.82, 2.24) is 10.6 Å². The summed E-state index contributed by atoms with van der Waals surface area (Å²) in [6.07, 6.45) is 2.70. The fraction of sp³-hybridized carbons (Fsp3) is 0.375. The highest BCUT2D eigenvalue weighted by atomic mass is 32.1. The van der Waals surface area contributed by atoms with Gasteiger partial charge in [-0.3, -0.25) is 9.59 Å². The Morgan fingerprint density at radius 1 is 0.903 bits per heavy atom. The highest BCUT2D eigenvalue weighted by Crippen LogP contribution is 2.13. The van der Waals surface area contributed by atoms with Crippen LogP contribution in [0.25, 0.3) is 0 Å². The minimum Gasteiger partial charge on any atom is -0.478 e. The van der Waals surface area contributed by atoms with Gasteiger partial charge >= 0.3 is 5.97 Å². The molecule has 3 N–H and O–H groups in total. The number of aromatic carboxylic acids is 1. The largest absolute Gasteiger partial charge is 0.478 e. The molecule has 0 aliphatic carbocycles. The van der Waals surface area contributed by atoms with Gasteiger partial charge in [-0.25, -0.2) is 4.79 Å². The second-order valence-electron chi connectivity index (χ2n) is 7.49. The van der Waals surface area contributed by atoms with Crippen LogP contribution in [0.3, 0.4) is 0 Å². The van der Waals surface area contributed by atoms with E-state index < -0.39 is 11.2 Å². The molecule has 0 fully saturated rings. The van der Waals surface area contributed by atoms with Crippen molar-refractivity contribution in [3.05, 3.63) is 71.3 Å². The first kappa shape index (κ1) is 24.5. The molecule has 0 aliphatic rings. The van der Waals surface area contributed by atoms with E-state index in [1.807, 2.05) is 37.3 Å². The van der Waals surface area contributed by atoms with Crippen molar-refractivity contribution in [2.45, 2.75) is 44.4 Å². The molecule has 0 aliphatic heterocycles. The average molecular weight is 443 g/mol. The summed E-state index contributed by atoms with van der Waals surface area (Å²) >= 11 is 4.41. The third kappa shape index (κ3) is 8.45. The van der Waals surface area contributed by atoms with Gasteiger partial charge in [0.2, 0.25) is 11.8 Å². The molecular weight excluding hydrogens is 412 g/mol. The van der Waals surface area contributed by atoms with Crippen LogP contribution < -0.4 is 10.6 Å². The van der Waals surface area contributed by atoms with E-state index in [9.17, 15) is 14.4 Å². The van der Waals surface area contributed by atoms with Crippen molar-refractivity contribution in [3.63, 3.8) is 0 Å². The number of hydrogen-bond donors (Lipinski definition) is 4. The van der Waals surface area contributed by atoms with Crippen LogP contribution in [0.1, 0.15) is 47.7 Å². The van der Waals surface area contributed by atoms with E-state index >= 15 is 0 Å². The number of hydrogen-bond acceptors (Lipinski definition) is 4. The molecular formula is C24H30N2O4S. The lowest BCUT2D eigenvalue weighted by atomic mass is 9.98. The molecule has 2 atom stereocenters. The van der Waals surface area contributed by atoms with E-state index in [4.69, 9.17) is 5.11 Å². The molecule has 0 saturated carbocycles. The molecule has 166 valence electrons. The lowest BCUT2D eigenvalue weighted by molar-refractivity contribution is -0.126. The Bertz CT molecular complexity index is 856. The minimum absolute atomic E-state index is 0.0647. The number of nitrogens with one attached hydrogen (secondary N) is 2. The zero-order valence-corrected chi connectivity index (χ0v) is 18.6. The Labute approximate surface area is 188 Å². The van der Waals surface area contributed by atoms with Gasteiger partial charge in [0, 0.05) is 19.0 Å². The van der Waals surface area contributed by atoms with Gasteiger partial charge < -0.3 is 15.7 Å². The first-order valence-corrected chi connectivity index (χ1v) is 11.0. The normalized spacial score (nSPS) is 12.6. The highest BCUT2D eigenvalue weighted by Gasteiger charge is 2.19. The van der Waals surface area contributed by atoms with Crippen molar-refractivity contribution in [1.29, 1.82) is 0 Å². The van der Waals surface area contributed by atoms with Gasteiger partial charge in [0.1, 0.15) is 0 Å². The zero-order valence-electron chi connectivity index (χ0n) is 17.7. The van der Waals surface area contributed by atoms with Crippen molar-refractivity contribution in [3.8, 4) is 0 Å². The molecule has 0 radical (unpaired) electrons. The van der Waals surface area contributed by atoms with E-state index in [0.717, 1.165) is 24.0 Å². The third-order valence-electron chi connectivity index (χ3n) is 5.04. The van der Waals surface area contributed by atoms with Gasteiger partial charge in [-0.05, 0) is 42.5 Å². The molecule has 0 aromatic heterocycles. The highest BCUT2D eigenvalue weighted by molar-refractivity contribution is 7.81. The molecule has 6 nitrogen and oxygen atoms in total. The molecule has 2 rings (SSSR count). The van der Waals surface area contributed by atoms with Crippen LogP contribution in [-0.2, 0) is 22.6 Å². The second kappa shape index (κ2) is 12.8. The summed E-state index contributed by atoms with van der Waals surface area (Å²) in [7, 11) is 0. The lowest BCUT2D eigenvalue weighted by Gasteiger charge is -2.17. The van der Waals surface area contributed by atoms with E-state index in [0.29, 0.717) is 25.9 Å². The standard InChI is InChI=1S/C24H30N2O4S/c1-2-6-19(22(27)26-16-18-9-11-20(12-10-18)24(29)30)13-14-25-23(28)21(31)15-17-7-4-3-5-8-17/h3-5,7-12,19,21,31H,2,6,13-16H2,1H3,(H,25,28)(H,26,27)(H,29,30). The topological polar surface area (TPSA) is 95.5 Å². The number of thiol groups is 1. The first-order valence-electron chi connectivity index (χ1n) is 10.5. The number of carbonyl (C=O) groups excluding carboxylic acids is 2. The number of amides is 2. The van der Waals surface area contributed by atoms with E-state index in [-0.39, 0.29) is 23.3 Å². The maximum Gasteiger partial charge on any atom is 0.335 e. The molecule has 2 amide bonds. The van der Waals surface area contributed by atoms with Crippen LogP contribution in [-0.4, -0.2) is 34.7 Å². The van der Waals surface area contributed by atoms with Gasteiger partial charge in [0.15, 0.2) is 0 Å². The van der Waals surface area contributed by atoms with Crippen LogP contribution in [0.15, 0.2) is 54.6 Å². The summed E-state index contributed by atoms with van der Waals surface area (Å²) in [4.78, 5) is 35.8. The summed E-state index contributed by atoms with van der Waals surface area (Å²) in [6, 6.07) is 16.2. The number of rotatable bonds is 12. The van der Waals surface area contributed by atoms with Gasteiger partial charge in [0.05, 0.1) is 10.8 Å². The van der Waals surface area contributed by atoms with Crippen LogP contribution in [0.2, 0.25) is 0 Å². The third-order valence-corrected chi connectivity index (χ3v) is 5.46. The van der Waals surface area contributed by atoms with E-state index in [1.165, 1.54) is 12.1 Å². The fourth-order valence-electron chi connectivity index (χ4n) is 3.27. The fourth-order valence-corrected chi connectivity index (χ4v) is 3.57. The van der Waals surface area contributed by atoms with Crippen LogP contribution in [0.4, 0.5) is 0 Å². The second-order valence-corrected chi connectivity index (χ2v) is 8.11. The number of carbonyl (C=O) groups is 3. The predicted molar refractivity (Wildman–Crippen MR) is 124 cm³/mol. The Morgan fingerprint density at radius 3 is 2.19 bits per heavy atom. The van der Waals surface area contributed by atoms with Gasteiger partial charge in [-0.2, -0.15) is 12.6 Å². The molecule has 0 bridgehead atoms. The van der Waals surface area contributed by atoms with Gasteiger partial charge in [-0.1, -0.05) is 55.8 Å². The quantitative estimate of drug-likeness (QED) is 0.379. The molecule has 0 saturated heterocycles. The summed E-state index contributed by atoms with van der Waals surface area (Å²) in [5, 5.41) is 14.3. The van der Waals surface area contributed by atoms with Gasteiger partial charge in [0.25, 0.3) is 0 Å². The average Bonchev–Trinajstić information content (AvgIpc) is 2.77. The molecule has 2 aromatic rings. The van der Waals surface area contributed by atoms with Crippen LogP contribution in [0.5, 0.6) is 0 Å². The Morgan fingerprint density at radius 2 is 1.58 bits per heavy atom. The molecule has 2 aromatic carbocycles. The Kier molecular flexibility index (Phi) is 10.1. The van der Waals surface area contributed by atoms with Crippen LogP contribution in [0, 0.1) is 5.92 Å². The first-order chi connectivity index (χ1) is 14.9. The minimum atomic E-state index is -0.979. The maximum atomic E-state index is 12.6. The summed E-state index contributed by atoms with van der Waals surface area (Å²) in [5.41, 5.74) is 2.10. The van der Waals surface area contributed by atoms with Crippen molar-refractivity contribution < 1.29 is 19.5 Å². The van der Waals surface area contributed by atoms with E-state index in [1.54, 1.807) is 12.1 Å². The molecule has 7 heteroatoms. The summed E-state index contributed by atoms with van der Waals surface area (Å²) in [5.74, 6) is -1.38. The lowest BCUT2D eigenvalue weighted by Crippen LogP contribution is -2.36. The number of carboxylic acids is 1. The molecule has 0 heterocycles. The van der Waals surface area contributed by atoms with Crippen molar-refractivity contribution in [2.24, 2.45) is 5.92 Å². The van der Waals surface area contributed by atoms with Gasteiger partial charge in [-0.15, -0.1) is 0 Å². The smallest absolute Gasteiger partial charge is 0.335 e. The maximum absolute atomic E-state index is 12.6. The van der Waals surface area contributed by atoms with E-state index in [2.05, 4.69) is 23.3 Å². The Hall–Kier alpha value is -2.80. The number of benzene rings is 2. The monoisotopic (exact) mass is 442 g/mol. The summed E-state index contributed by atoms with van der Waals surface area (Å²) < 4.78 is 0. The van der Waals surface area contributed by atoms with Crippen LogP contribution >= 0.6 is 12.6 Å². The SMILES string of the molecule is CCCC(CCNC(=O)C(S)Cc1ccccc1)C(=O)NCc1ccc(C(=O)O)cc1. The number of carboxylic acid groups (broad SMARTS) is 1. The molecule has 0 spiro atoms. The predicted octanol–water partition coefficient (Wildman–Crippen LogP) is 3.46. The van der Waals surface area contributed by atoms with Crippen molar-refractivity contribution >= 4 is 30.4 Å².